The van der Waals surface area contributed by atoms with Crippen LogP contribution >= 0.6 is 11.3 Å². The van der Waals surface area contributed by atoms with Gasteiger partial charge in [-0.25, -0.2) is 9.97 Å². The van der Waals surface area contributed by atoms with E-state index in [2.05, 4.69) is 64.4 Å². The van der Waals surface area contributed by atoms with Gasteiger partial charge in [-0.3, -0.25) is 0 Å². The molecule has 0 spiro atoms. The minimum absolute atomic E-state index is 0.171. The van der Waals surface area contributed by atoms with Crippen LogP contribution in [0, 0.1) is 6.92 Å². The summed E-state index contributed by atoms with van der Waals surface area (Å²) >= 11 is 1.61. The molecule has 0 amide bonds. The molecule has 1 aromatic carbocycles. The van der Waals surface area contributed by atoms with Gasteiger partial charge >= 0.3 is 0 Å². The number of rotatable bonds is 6. The van der Waals surface area contributed by atoms with Gasteiger partial charge in [-0.2, -0.15) is 5.10 Å². The molecule has 0 atom stereocenters. The van der Waals surface area contributed by atoms with Crippen LogP contribution in [0.1, 0.15) is 30.1 Å². The second-order valence-corrected chi connectivity index (χ2v) is 7.75. The van der Waals surface area contributed by atoms with Crippen molar-refractivity contribution >= 4 is 39.8 Å². The lowest BCUT2D eigenvalue weighted by Crippen LogP contribution is -2.20. The van der Waals surface area contributed by atoms with E-state index >= 15 is 0 Å². The van der Waals surface area contributed by atoms with Crippen molar-refractivity contribution in [1.29, 1.82) is 0 Å². The molecule has 0 aliphatic carbocycles. The van der Waals surface area contributed by atoms with Gasteiger partial charge in [-0.05, 0) is 23.9 Å². The first kappa shape index (κ1) is 18.1. The minimum Gasteiger partial charge on any atom is -0.339 e. The number of fused-ring (bicyclic) bond motifs is 1. The lowest BCUT2D eigenvalue weighted by molar-refractivity contribution is 0.722. The van der Waals surface area contributed by atoms with Crippen molar-refractivity contribution in [3.63, 3.8) is 0 Å². The van der Waals surface area contributed by atoms with E-state index in [1.54, 1.807) is 18.4 Å². The van der Waals surface area contributed by atoms with Gasteiger partial charge in [0.1, 0.15) is 5.82 Å². The molecule has 3 aromatic rings. The Kier molecular flexibility index (Phi) is 5.04. The topological polar surface area (TPSA) is 62.2 Å². The summed E-state index contributed by atoms with van der Waals surface area (Å²) < 4.78 is 0. The Morgan fingerprint density at radius 2 is 2.08 bits per heavy atom. The first-order valence-electron chi connectivity index (χ1n) is 8.39. The maximum atomic E-state index is 4.49. The van der Waals surface area contributed by atoms with Crippen LogP contribution in [0.25, 0.3) is 16.5 Å². The summed E-state index contributed by atoms with van der Waals surface area (Å²) in [5.74, 6) is 0.756. The van der Waals surface area contributed by atoms with Crippen LogP contribution in [0.5, 0.6) is 0 Å². The van der Waals surface area contributed by atoms with Crippen LogP contribution in [0.2, 0.25) is 0 Å². The van der Waals surface area contributed by atoms with Crippen molar-refractivity contribution in [2.45, 2.75) is 26.2 Å². The summed E-state index contributed by atoms with van der Waals surface area (Å²) in [6.07, 6.45) is 3.79. The average Bonchev–Trinajstić information content (AvgIpc) is 3.06. The maximum absolute atomic E-state index is 4.49. The molecule has 134 valence electrons. The van der Waals surface area contributed by atoms with Gasteiger partial charge in [0.15, 0.2) is 0 Å². The Hall–Kier alpha value is -2.73. The number of hydrogen-bond acceptors (Lipinski definition) is 6. The molecule has 6 heteroatoms. The maximum Gasteiger partial charge on any atom is 0.130 e. The molecule has 2 heterocycles. The van der Waals surface area contributed by atoms with Gasteiger partial charge in [-0.1, -0.05) is 38.6 Å². The Labute approximate surface area is 157 Å². The Morgan fingerprint density at radius 1 is 1.27 bits per heavy atom. The molecule has 0 radical (unpaired) electrons. The zero-order valence-corrected chi connectivity index (χ0v) is 16.3. The summed E-state index contributed by atoms with van der Waals surface area (Å²) in [6.45, 7) is 10.3. The number of aromatic nitrogens is 2. The fourth-order valence-corrected chi connectivity index (χ4v) is 3.26. The molecule has 3 rings (SSSR count). The number of anilines is 1. The predicted octanol–water partition coefficient (Wildman–Crippen LogP) is 4.57. The van der Waals surface area contributed by atoms with E-state index in [9.17, 15) is 0 Å². The largest absolute Gasteiger partial charge is 0.339 e. The van der Waals surface area contributed by atoms with E-state index in [-0.39, 0.29) is 5.41 Å². The summed E-state index contributed by atoms with van der Waals surface area (Å²) in [4.78, 5) is 8.94. The fraction of sp³-hybridized carbons (Fsp3) is 0.250. The van der Waals surface area contributed by atoms with E-state index in [0.717, 1.165) is 33.0 Å². The first-order chi connectivity index (χ1) is 12.4. The fourth-order valence-electron chi connectivity index (χ4n) is 2.63. The average molecular weight is 366 g/mol. The Balaban J connectivity index is 1.89. The second kappa shape index (κ2) is 7.25. The van der Waals surface area contributed by atoms with E-state index in [1.807, 2.05) is 30.8 Å². The molecular weight excluding hydrogens is 342 g/mol. The molecule has 2 N–H and O–H groups in total. The van der Waals surface area contributed by atoms with Crippen molar-refractivity contribution in [1.82, 2.24) is 15.4 Å². The summed E-state index contributed by atoms with van der Waals surface area (Å²) in [5.41, 5.74) is 5.44. The molecule has 0 bridgehead atoms. The van der Waals surface area contributed by atoms with Gasteiger partial charge < -0.3 is 10.7 Å². The molecule has 0 aliphatic rings. The standard InChI is InChI=1S/C20H23N5S/c1-13(18-11-26-14(2)25-18)24-19-9-16-8-17(7-6-15(16)10-22-19)20(3,4)12-23-21-5/h6-12,21H,1H2,2-5H3,(H,22,24)/b23-12-. The van der Waals surface area contributed by atoms with Crippen LogP contribution in [-0.2, 0) is 5.41 Å². The van der Waals surface area contributed by atoms with Gasteiger partial charge in [0.25, 0.3) is 0 Å². The summed E-state index contributed by atoms with van der Waals surface area (Å²) in [7, 11) is 1.80. The first-order valence-corrected chi connectivity index (χ1v) is 9.27. The lowest BCUT2D eigenvalue weighted by Gasteiger charge is -2.20. The van der Waals surface area contributed by atoms with E-state index < -0.39 is 0 Å². The van der Waals surface area contributed by atoms with Crippen LogP contribution in [0.4, 0.5) is 5.82 Å². The number of nitrogens with one attached hydrogen (secondary N) is 2. The molecule has 26 heavy (non-hydrogen) atoms. The second-order valence-electron chi connectivity index (χ2n) is 6.69. The summed E-state index contributed by atoms with van der Waals surface area (Å²) in [6, 6.07) is 8.43. The lowest BCUT2D eigenvalue weighted by atomic mass is 9.85. The highest BCUT2D eigenvalue weighted by atomic mass is 32.1. The zero-order chi connectivity index (χ0) is 18.7. The third kappa shape index (κ3) is 3.91. The third-order valence-corrected chi connectivity index (χ3v) is 4.96. The quantitative estimate of drug-likeness (QED) is 0.496. The number of hydrogen-bond donors (Lipinski definition) is 2. The molecule has 0 saturated carbocycles. The highest BCUT2D eigenvalue weighted by molar-refractivity contribution is 7.09. The van der Waals surface area contributed by atoms with Crippen molar-refractivity contribution in [3.8, 4) is 0 Å². The Morgan fingerprint density at radius 3 is 2.77 bits per heavy atom. The monoisotopic (exact) mass is 365 g/mol. The number of aryl methyl sites for hydroxylation is 1. The number of benzene rings is 1. The smallest absolute Gasteiger partial charge is 0.130 e. The molecule has 0 aliphatic heterocycles. The normalized spacial score (nSPS) is 11.8. The van der Waals surface area contributed by atoms with E-state index in [4.69, 9.17) is 0 Å². The SMILES string of the molecule is C=C(Nc1cc2cc(C(C)(C)/C=N\NC)ccc2cn1)c1csc(C)n1. The van der Waals surface area contributed by atoms with Gasteiger partial charge in [0, 0.05) is 35.6 Å². The van der Waals surface area contributed by atoms with E-state index in [1.165, 1.54) is 5.56 Å². The van der Waals surface area contributed by atoms with Crippen LogP contribution in [-0.4, -0.2) is 23.2 Å². The molecule has 0 unspecified atom stereocenters. The number of thiazole rings is 1. The van der Waals surface area contributed by atoms with Crippen molar-refractivity contribution in [2.75, 3.05) is 12.4 Å². The van der Waals surface area contributed by atoms with Crippen LogP contribution in [0.3, 0.4) is 0 Å². The molecule has 2 aromatic heterocycles. The molecular formula is C20H23N5S. The molecule has 5 nitrogen and oxygen atoms in total. The highest BCUT2D eigenvalue weighted by Gasteiger charge is 2.18. The van der Waals surface area contributed by atoms with Gasteiger partial charge in [0.2, 0.25) is 0 Å². The number of pyridine rings is 1. The van der Waals surface area contributed by atoms with Crippen molar-refractivity contribution in [3.05, 3.63) is 58.7 Å². The Bertz CT molecular complexity index is 971. The summed E-state index contributed by atoms with van der Waals surface area (Å²) in [5, 5.41) is 12.7. The minimum atomic E-state index is -0.171. The highest BCUT2D eigenvalue weighted by Crippen LogP contribution is 2.27. The predicted molar refractivity (Wildman–Crippen MR) is 112 cm³/mol. The zero-order valence-electron chi connectivity index (χ0n) is 15.5. The number of hydrazone groups is 1. The molecule has 0 fully saturated rings. The van der Waals surface area contributed by atoms with Gasteiger partial charge in [-0.15, -0.1) is 11.3 Å². The van der Waals surface area contributed by atoms with Crippen LogP contribution in [0.15, 0.2) is 47.5 Å². The van der Waals surface area contributed by atoms with Crippen molar-refractivity contribution in [2.24, 2.45) is 5.10 Å². The van der Waals surface area contributed by atoms with Crippen molar-refractivity contribution < 1.29 is 0 Å². The third-order valence-electron chi connectivity index (χ3n) is 4.19. The van der Waals surface area contributed by atoms with E-state index in [0.29, 0.717) is 0 Å². The van der Waals surface area contributed by atoms with Gasteiger partial charge in [0.05, 0.1) is 16.4 Å². The molecule has 0 saturated heterocycles. The van der Waals surface area contributed by atoms with Crippen LogP contribution < -0.4 is 10.7 Å². The number of nitrogens with zero attached hydrogens (tertiary/aromatic N) is 3.